The lowest BCUT2D eigenvalue weighted by molar-refractivity contribution is -0.186. The molecule has 2 unspecified atom stereocenters. The molecule has 0 aromatic heterocycles. The molecule has 1 aliphatic heterocycles. The summed E-state index contributed by atoms with van der Waals surface area (Å²) in [5.41, 5.74) is 0.238. The zero-order valence-corrected chi connectivity index (χ0v) is 12.8. The Balaban J connectivity index is 1.96. The molecule has 1 N–H and O–H groups in total. The van der Waals surface area contributed by atoms with Gasteiger partial charge in [-0.15, -0.1) is 0 Å². The van der Waals surface area contributed by atoms with Gasteiger partial charge in [0.2, 0.25) is 0 Å². The summed E-state index contributed by atoms with van der Waals surface area (Å²) in [6.07, 6.45) is -1.24. The lowest BCUT2D eigenvalue weighted by Crippen LogP contribution is -2.54. The van der Waals surface area contributed by atoms with Gasteiger partial charge >= 0.3 is 6.18 Å². The number of halogens is 3. The van der Waals surface area contributed by atoms with Crippen molar-refractivity contribution in [1.29, 1.82) is 0 Å². The highest BCUT2D eigenvalue weighted by Gasteiger charge is 2.47. The standard InChI is InChI=1S/C15H27F3N2/c1-4-19-13-12(5-8-14(13,2)3)20-9-6-11(7-10-20)15(16,17)18/h11-13,19H,4-10H2,1-3H3. The highest BCUT2D eigenvalue weighted by molar-refractivity contribution is 5.01. The molecule has 0 radical (unpaired) electrons. The van der Waals surface area contributed by atoms with Gasteiger partial charge in [0.1, 0.15) is 0 Å². The number of rotatable bonds is 3. The Hall–Kier alpha value is -0.290. The number of hydrogen-bond donors (Lipinski definition) is 1. The van der Waals surface area contributed by atoms with Crippen molar-refractivity contribution in [2.24, 2.45) is 11.3 Å². The van der Waals surface area contributed by atoms with Crippen LogP contribution in [0.4, 0.5) is 13.2 Å². The van der Waals surface area contributed by atoms with Crippen LogP contribution in [0.5, 0.6) is 0 Å². The summed E-state index contributed by atoms with van der Waals surface area (Å²) in [6, 6.07) is 0.800. The van der Waals surface area contributed by atoms with Crippen molar-refractivity contribution in [1.82, 2.24) is 10.2 Å². The van der Waals surface area contributed by atoms with Gasteiger partial charge in [-0.05, 0) is 50.7 Å². The van der Waals surface area contributed by atoms with Gasteiger partial charge in [0.15, 0.2) is 0 Å². The third-order valence-electron chi connectivity index (χ3n) is 5.20. The smallest absolute Gasteiger partial charge is 0.312 e. The summed E-state index contributed by atoms with van der Waals surface area (Å²) in [6.45, 7) is 8.73. The first-order valence-electron chi connectivity index (χ1n) is 7.80. The van der Waals surface area contributed by atoms with Crippen LogP contribution in [0.1, 0.15) is 46.5 Å². The van der Waals surface area contributed by atoms with E-state index >= 15 is 0 Å². The van der Waals surface area contributed by atoms with Gasteiger partial charge in [0.05, 0.1) is 5.92 Å². The zero-order valence-electron chi connectivity index (χ0n) is 12.8. The normalized spacial score (nSPS) is 32.7. The Kier molecular flexibility index (Phi) is 4.69. The molecule has 0 aromatic rings. The van der Waals surface area contributed by atoms with Crippen LogP contribution in [-0.4, -0.2) is 42.8 Å². The molecule has 2 aliphatic rings. The van der Waals surface area contributed by atoms with Gasteiger partial charge in [-0.3, -0.25) is 4.90 Å². The average Bonchev–Trinajstić information content (AvgIpc) is 2.65. The first kappa shape index (κ1) is 16.1. The quantitative estimate of drug-likeness (QED) is 0.857. The predicted octanol–water partition coefficient (Wildman–Crippen LogP) is 3.43. The van der Waals surface area contributed by atoms with Crippen LogP contribution in [0.15, 0.2) is 0 Å². The van der Waals surface area contributed by atoms with Crippen molar-refractivity contribution in [3.8, 4) is 0 Å². The summed E-state index contributed by atoms with van der Waals surface area (Å²) in [5.74, 6) is -1.09. The fourth-order valence-corrected chi connectivity index (χ4v) is 3.95. The van der Waals surface area contributed by atoms with Gasteiger partial charge in [0.25, 0.3) is 0 Å². The van der Waals surface area contributed by atoms with Gasteiger partial charge in [-0.2, -0.15) is 13.2 Å². The minimum atomic E-state index is -4.01. The molecule has 118 valence electrons. The molecular weight excluding hydrogens is 265 g/mol. The van der Waals surface area contributed by atoms with Crippen LogP contribution in [-0.2, 0) is 0 Å². The molecule has 0 aromatic carbocycles. The molecule has 1 saturated carbocycles. The number of hydrogen-bond acceptors (Lipinski definition) is 2. The van der Waals surface area contributed by atoms with Crippen molar-refractivity contribution >= 4 is 0 Å². The van der Waals surface area contributed by atoms with Crippen LogP contribution in [0.2, 0.25) is 0 Å². The predicted molar refractivity (Wildman–Crippen MR) is 74.6 cm³/mol. The molecule has 0 amide bonds. The molecule has 0 bridgehead atoms. The number of nitrogens with zero attached hydrogens (tertiary/aromatic N) is 1. The van der Waals surface area contributed by atoms with Gasteiger partial charge in [-0.25, -0.2) is 0 Å². The summed E-state index contributed by atoms with van der Waals surface area (Å²) in [4.78, 5) is 2.30. The third-order valence-corrected chi connectivity index (χ3v) is 5.20. The molecule has 2 fully saturated rings. The van der Waals surface area contributed by atoms with Gasteiger partial charge < -0.3 is 5.32 Å². The van der Waals surface area contributed by atoms with E-state index in [4.69, 9.17) is 0 Å². The van der Waals surface area contributed by atoms with E-state index in [1.807, 2.05) is 0 Å². The first-order valence-corrected chi connectivity index (χ1v) is 7.80. The molecular formula is C15H27F3N2. The van der Waals surface area contributed by atoms with Crippen molar-refractivity contribution in [2.45, 2.75) is 64.7 Å². The second-order valence-corrected chi connectivity index (χ2v) is 6.98. The molecule has 2 atom stereocenters. The van der Waals surface area contributed by atoms with E-state index in [9.17, 15) is 13.2 Å². The number of nitrogens with one attached hydrogen (secondary N) is 1. The lowest BCUT2D eigenvalue weighted by atomic mass is 9.85. The maximum atomic E-state index is 12.7. The monoisotopic (exact) mass is 292 g/mol. The van der Waals surface area contributed by atoms with E-state index < -0.39 is 12.1 Å². The SMILES string of the molecule is CCNC1C(N2CCC(C(F)(F)F)CC2)CCC1(C)C. The molecule has 20 heavy (non-hydrogen) atoms. The Labute approximate surface area is 120 Å². The van der Waals surface area contributed by atoms with Gasteiger partial charge in [-0.1, -0.05) is 20.8 Å². The van der Waals surface area contributed by atoms with Crippen molar-refractivity contribution in [2.75, 3.05) is 19.6 Å². The van der Waals surface area contributed by atoms with E-state index in [1.165, 1.54) is 0 Å². The fraction of sp³-hybridized carbons (Fsp3) is 1.00. The van der Waals surface area contributed by atoms with Crippen molar-refractivity contribution < 1.29 is 13.2 Å². The Morgan fingerprint density at radius 3 is 2.25 bits per heavy atom. The summed E-state index contributed by atoms with van der Waals surface area (Å²) >= 11 is 0. The molecule has 5 heteroatoms. The zero-order chi connectivity index (χ0) is 15.0. The average molecular weight is 292 g/mol. The second-order valence-electron chi connectivity index (χ2n) is 6.98. The van der Waals surface area contributed by atoms with E-state index in [-0.39, 0.29) is 18.3 Å². The molecule has 1 heterocycles. The van der Waals surface area contributed by atoms with Crippen molar-refractivity contribution in [3.05, 3.63) is 0 Å². The van der Waals surface area contributed by atoms with E-state index in [0.717, 1.165) is 19.4 Å². The van der Waals surface area contributed by atoms with Crippen LogP contribution in [0.3, 0.4) is 0 Å². The minimum Gasteiger partial charge on any atom is -0.312 e. The molecule has 2 rings (SSSR count). The van der Waals surface area contributed by atoms with E-state index in [0.29, 0.717) is 25.2 Å². The first-order chi connectivity index (χ1) is 9.25. The Morgan fingerprint density at radius 1 is 1.15 bits per heavy atom. The van der Waals surface area contributed by atoms with Crippen LogP contribution in [0, 0.1) is 11.3 Å². The topological polar surface area (TPSA) is 15.3 Å². The second kappa shape index (κ2) is 5.84. The van der Waals surface area contributed by atoms with E-state index in [2.05, 4.69) is 31.0 Å². The largest absolute Gasteiger partial charge is 0.391 e. The fourth-order valence-electron chi connectivity index (χ4n) is 3.95. The molecule has 2 nitrogen and oxygen atoms in total. The summed E-state index contributed by atoms with van der Waals surface area (Å²) < 4.78 is 38.2. The van der Waals surface area contributed by atoms with Gasteiger partial charge in [0, 0.05) is 12.1 Å². The number of likely N-dealkylation sites (tertiary alicyclic amines) is 1. The maximum absolute atomic E-state index is 12.7. The summed E-state index contributed by atoms with van der Waals surface area (Å²) in [5, 5.41) is 3.56. The number of alkyl halides is 3. The van der Waals surface area contributed by atoms with Crippen LogP contribution in [0.25, 0.3) is 0 Å². The Bertz CT molecular complexity index is 320. The maximum Gasteiger partial charge on any atom is 0.391 e. The lowest BCUT2D eigenvalue weighted by Gasteiger charge is -2.41. The summed E-state index contributed by atoms with van der Waals surface area (Å²) in [7, 11) is 0. The van der Waals surface area contributed by atoms with E-state index in [1.54, 1.807) is 0 Å². The van der Waals surface area contributed by atoms with Crippen LogP contribution >= 0.6 is 0 Å². The third kappa shape index (κ3) is 3.30. The van der Waals surface area contributed by atoms with Crippen LogP contribution < -0.4 is 5.32 Å². The highest BCUT2D eigenvalue weighted by Crippen LogP contribution is 2.42. The number of likely N-dealkylation sites (N-methyl/N-ethyl adjacent to an activating group) is 1. The molecule has 1 aliphatic carbocycles. The molecule has 1 saturated heterocycles. The molecule has 0 spiro atoms. The number of piperidine rings is 1. The Morgan fingerprint density at radius 2 is 1.75 bits per heavy atom. The van der Waals surface area contributed by atoms with Crippen molar-refractivity contribution in [3.63, 3.8) is 0 Å². The minimum absolute atomic E-state index is 0.238. The highest BCUT2D eigenvalue weighted by atomic mass is 19.4.